The van der Waals surface area contributed by atoms with Gasteiger partial charge in [0.25, 0.3) is 5.91 Å². The molecule has 1 aliphatic rings. The summed E-state index contributed by atoms with van der Waals surface area (Å²) < 4.78 is 0.768. The van der Waals surface area contributed by atoms with Crippen molar-refractivity contribution < 1.29 is 9.90 Å². The standard InChI is InChI=1S/C14H18INO2/c1-16(11-5-3-2-4-6-11)14(18)10-7-8-12(15)13(17)9-10/h7-9,11,17H,2-6H2,1H3. The van der Waals surface area contributed by atoms with Crippen molar-refractivity contribution in [1.82, 2.24) is 4.90 Å². The number of hydrogen-bond acceptors (Lipinski definition) is 2. The minimum Gasteiger partial charge on any atom is -0.507 e. The van der Waals surface area contributed by atoms with Gasteiger partial charge < -0.3 is 10.0 Å². The number of hydrogen-bond donors (Lipinski definition) is 1. The smallest absolute Gasteiger partial charge is 0.253 e. The van der Waals surface area contributed by atoms with E-state index >= 15 is 0 Å². The molecular weight excluding hydrogens is 341 g/mol. The van der Waals surface area contributed by atoms with Crippen molar-refractivity contribution in [3.05, 3.63) is 27.3 Å². The summed E-state index contributed by atoms with van der Waals surface area (Å²) in [5.41, 5.74) is 0.570. The van der Waals surface area contributed by atoms with Gasteiger partial charge in [-0.15, -0.1) is 0 Å². The minimum absolute atomic E-state index is 0.00796. The monoisotopic (exact) mass is 359 g/mol. The van der Waals surface area contributed by atoms with Gasteiger partial charge in [0.2, 0.25) is 0 Å². The quantitative estimate of drug-likeness (QED) is 0.823. The Hall–Kier alpha value is -0.780. The summed E-state index contributed by atoms with van der Waals surface area (Å²) >= 11 is 2.05. The number of phenols is 1. The zero-order valence-electron chi connectivity index (χ0n) is 10.5. The van der Waals surface area contributed by atoms with E-state index in [1.54, 1.807) is 18.2 Å². The minimum atomic E-state index is 0.00796. The molecular formula is C14H18INO2. The largest absolute Gasteiger partial charge is 0.507 e. The molecule has 3 nitrogen and oxygen atoms in total. The first kappa shape index (κ1) is 13.6. The van der Waals surface area contributed by atoms with Crippen LogP contribution in [-0.4, -0.2) is 29.0 Å². The Morgan fingerprint density at radius 3 is 2.61 bits per heavy atom. The molecule has 0 heterocycles. The number of rotatable bonds is 2. The van der Waals surface area contributed by atoms with Crippen LogP contribution in [0.5, 0.6) is 5.75 Å². The average molecular weight is 359 g/mol. The van der Waals surface area contributed by atoms with Crippen LogP contribution in [0.25, 0.3) is 0 Å². The van der Waals surface area contributed by atoms with Crippen LogP contribution in [0.15, 0.2) is 18.2 Å². The van der Waals surface area contributed by atoms with Crippen molar-refractivity contribution in [1.29, 1.82) is 0 Å². The lowest BCUT2D eigenvalue weighted by atomic mass is 9.94. The third kappa shape index (κ3) is 2.96. The summed E-state index contributed by atoms with van der Waals surface area (Å²) in [6.07, 6.45) is 5.89. The SMILES string of the molecule is CN(C(=O)c1ccc(I)c(O)c1)C1CCCCC1. The summed E-state index contributed by atoms with van der Waals surface area (Å²) in [6, 6.07) is 5.47. The fourth-order valence-corrected chi connectivity index (χ4v) is 2.82. The zero-order chi connectivity index (χ0) is 13.1. The number of aromatic hydroxyl groups is 1. The van der Waals surface area contributed by atoms with E-state index in [9.17, 15) is 9.90 Å². The summed E-state index contributed by atoms with van der Waals surface area (Å²) in [4.78, 5) is 14.2. The molecule has 4 heteroatoms. The molecule has 0 saturated heterocycles. The molecule has 0 aromatic heterocycles. The van der Waals surface area contributed by atoms with Crippen molar-refractivity contribution in [3.63, 3.8) is 0 Å². The first-order valence-corrected chi connectivity index (χ1v) is 7.43. The number of nitrogens with zero attached hydrogens (tertiary/aromatic N) is 1. The first-order valence-electron chi connectivity index (χ1n) is 6.35. The summed E-state index contributed by atoms with van der Waals surface area (Å²) in [6.45, 7) is 0. The van der Waals surface area contributed by atoms with Crippen LogP contribution in [0.2, 0.25) is 0 Å². The molecule has 98 valence electrons. The molecule has 1 saturated carbocycles. The summed E-state index contributed by atoms with van der Waals surface area (Å²) in [7, 11) is 1.87. The molecule has 0 atom stereocenters. The topological polar surface area (TPSA) is 40.5 Å². The molecule has 18 heavy (non-hydrogen) atoms. The summed E-state index contributed by atoms with van der Waals surface area (Å²) in [5.74, 6) is 0.187. The van der Waals surface area contributed by atoms with E-state index < -0.39 is 0 Å². The zero-order valence-corrected chi connectivity index (χ0v) is 12.7. The Morgan fingerprint density at radius 2 is 2.00 bits per heavy atom. The third-order valence-electron chi connectivity index (χ3n) is 3.64. The molecule has 1 amide bonds. The van der Waals surface area contributed by atoms with Crippen LogP contribution in [-0.2, 0) is 0 Å². The van der Waals surface area contributed by atoms with Gasteiger partial charge in [-0.05, 0) is 53.6 Å². The number of carbonyl (C=O) groups excluding carboxylic acids is 1. The lowest BCUT2D eigenvalue weighted by molar-refractivity contribution is 0.0696. The maximum Gasteiger partial charge on any atom is 0.253 e. The first-order chi connectivity index (χ1) is 8.59. The Bertz CT molecular complexity index is 441. The normalized spacial score (nSPS) is 16.6. The van der Waals surface area contributed by atoms with E-state index in [2.05, 4.69) is 22.6 Å². The molecule has 1 aromatic carbocycles. The van der Waals surface area contributed by atoms with Crippen molar-refractivity contribution in [3.8, 4) is 5.75 Å². The van der Waals surface area contributed by atoms with Gasteiger partial charge in [0, 0.05) is 18.7 Å². The fourth-order valence-electron chi connectivity index (χ4n) is 2.48. The molecule has 1 aliphatic carbocycles. The molecule has 0 unspecified atom stereocenters. The van der Waals surface area contributed by atoms with Crippen LogP contribution >= 0.6 is 22.6 Å². The van der Waals surface area contributed by atoms with Crippen LogP contribution in [0.3, 0.4) is 0 Å². The van der Waals surface area contributed by atoms with E-state index in [0.717, 1.165) is 16.4 Å². The lowest BCUT2D eigenvalue weighted by Gasteiger charge is -2.31. The highest BCUT2D eigenvalue weighted by Gasteiger charge is 2.23. The number of carbonyl (C=O) groups is 1. The van der Waals surface area contributed by atoms with E-state index in [1.165, 1.54) is 19.3 Å². The molecule has 1 aromatic rings. The van der Waals surface area contributed by atoms with Crippen molar-refractivity contribution in [2.24, 2.45) is 0 Å². The molecule has 0 spiro atoms. The van der Waals surface area contributed by atoms with E-state index in [1.807, 2.05) is 11.9 Å². The van der Waals surface area contributed by atoms with E-state index in [0.29, 0.717) is 11.6 Å². The van der Waals surface area contributed by atoms with Crippen LogP contribution in [0.4, 0.5) is 0 Å². The molecule has 1 fully saturated rings. The Morgan fingerprint density at radius 1 is 1.33 bits per heavy atom. The van der Waals surface area contributed by atoms with Crippen LogP contribution in [0, 0.1) is 3.57 Å². The third-order valence-corrected chi connectivity index (χ3v) is 4.55. The molecule has 2 rings (SSSR count). The summed E-state index contributed by atoms with van der Waals surface area (Å²) in [5, 5.41) is 9.66. The predicted molar refractivity (Wildman–Crippen MR) is 79.8 cm³/mol. The molecule has 1 N–H and O–H groups in total. The van der Waals surface area contributed by atoms with Gasteiger partial charge in [-0.3, -0.25) is 4.79 Å². The van der Waals surface area contributed by atoms with Gasteiger partial charge in [0.1, 0.15) is 5.75 Å². The highest BCUT2D eigenvalue weighted by Crippen LogP contribution is 2.25. The van der Waals surface area contributed by atoms with Gasteiger partial charge in [-0.25, -0.2) is 0 Å². The van der Waals surface area contributed by atoms with Gasteiger partial charge >= 0.3 is 0 Å². The maximum atomic E-state index is 12.3. The molecule has 0 radical (unpaired) electrons. The second kappa shape index (κ2) is 5.91. The van der Waals surface area contributed by atoms with Gasteiger partial charge in [-0.2, -0.15) is 0 Å². The van der Waals surface area contributed by atoms with Crippen LogP contribution in [0.1, 0.15) is 42.5 Å². The highest BCUT2D eigenvalue weighted by atomic mass is 127. The number of benzene rings is 1. The molecule has 0 aliphatic heterocycles. The van der Waals surface area contributed by atoms with Crippen molar-refractivity contribution in [2.75, 3.05) is 7.05 Å². The number of phenolic OH excluding ortho intramolecular Hbond substituents is 1. The number of halogens is 1. The fraction of sp³-hybridized carbons (Fsp3) is 0.500. The van der Waals surface area contributed by atoms with Crippen molar-refractivity contribution >= 4 is 28.5 Å². The van der Waals surface area contributed by atoms with E-state index in [-0.39, 0.29) is 11.7 Å². The van der Waals surface area contributed by atoms with Gasteiger partial charge in [-0.1, -0.05) is 19.3 Å². The van der Waals surface area contributed by atoms with Crippen molar-refractivity contribution in [2.45, 2.75) is 38.1 Å². The van der Waals surface area contributed by atoms with E-state index in [4.69, 9.17) is 0 Å². The Kier molecular flexibility index (Phi) is 4.48. The second-order valence-electron chi connectivity index (χ2n) is 4.87. The predicted octanol–water partition coefficient (Wildman–Crippen LogP) is 3.40. The van der Waals surface area contributed by atoms with Gasteiger partial charge in [0.05, 0.1) is 3.57 Å². The Labute approximate surface area is 121 Å². The maximum absolute atomic E-state index is 12.3. The Balaban J connectivity index is 2.11. The average Bonchev–Trinajstić information content (AvgIpc) is 2.41. The highest BCUT2D eigenvalue weighted by molar-refractivity contribution is 14.1. The van der Waals surface area contributed by atoms with Gasteiger partial charge in [0.15, 0.2) is 0 Å². The number of amides is 1. The van der Waals surface area contributed by atoms with Crippen LogP contribution < -0.4 is 0 Å². The second-order valence-corrected chi connectivity index (χ2v) is 6.04. The molecule has 0 bridgehead atoms. The lowest BCUT2D eigenvalue weighted by Crippen LogP contribution is -2.38.